The summed E-state index contributed by atoms with van der Waals surface area (Å²) in [5, 5.41) is 10.5. The molecule has 3 rings (SSSR count). The molecule has 0 radical (unpaired) electrons. The van der Waals surface area contributed by atoms with Gasteiger partial charge in [-0.2, -0.15) is 0 Å². The molecule has 0 aliphatic carbocycles. The molecule has 0 fully saturated rings. The number of carbonyl (C=O) groups is 1. The molecule has 0 aliphatic heterocycles. The largest absolute Gasteiger partial charge is 0.478 e. The predicted octanol–water partition coefficient (Wildman–Crippen LogP) is 4.92. The van der Waals surface area contributed by atoms with E-state index in [4.69, 9.17) is 16.7 Å². The first-order valence-corrected chi connectivity index (χ1v) is 7.91. The number of benzene rings is 2. The van der Waals surface area contributed by atoms with Gasteiger partial charge < -0.3 is 5.11 Å². The van der Waals surface area contributed by atoms with Crippen LogP contribution in [0.25, 0.3) is 20.8 Å². The van der Waals surface area contributed by atoms with Crippen molar-refractivity contribution >= 4 is 61.7 Å². The van der Waals surface area contributed by atoms with Crippen molar-refractivity contribution in [1.29, 1.82) is 0 Å². The third-order valence-electron chi connectivity index (χ3n) is 2.79. The van der Waals surface area contributed by atoms with Crippen molar-refractivity contribution < 1.29 is 9.90 Å². The molecule has 0 amide bonds. The van der Waals surface area contributed by atoms with Crippen LogP contribution in [0, 0.1) is 3.57 Å². The highest BCUT2D eigenvalue weighted by molar-refractivity contribution is 14.1. The summed E-state index contributed by atoms with van der Waals surface area (Å²) in [5.41, 5.74) is 2.04. The van der Waals surface area contributed by atoms with Gasteiger partial charge in [0.25, 0.3) is 0 Å². The molecule has 1 aromatic heterocycles. The zero-order valence-corrected chi connectivity index (χ0v) is 13.7. The summed E-state index contributed by atoms with van der Waals surface area (Å²) in [6.45, 7) is 0. The van der Waals surface area contributed by atoms with E-state index in [1.165, 1.54) is 11.3 Å². The number of hydrogen-bond donors (Lipinski definition) is 1. The van der Waals surface area contributed by atoms with Crippen LogP contribution in [-0.2, 0) is 0 Å². The van der Waals surface area contributed by atoms with Crippen molar-refractivity contribution in [2.24, 2.45) is 0 Å². The van der Waals surface area contributed by atoms with Gasteiger partial charge in [0, 0.05) is 14.2 Å². The minimum atomic E-state index is -0.931. The van der Waals surface area contributed by atoms with Crippen LogP contribution < -0.4 is 0 Å². The Morgan fingerprint density at radius 2 is 2.05 bits per heavy atom. The zero-order chi connectivity index (χ0) is 14.3. The van der Waals surface area contributed by atoms with Crippen molar-refractivity contribution in [1.82, 2.24) is 4.98 Å². The van der Waals surface area contributed by atoms with Gasteiger partial charge in [0.1, 0.15) is 5.01 Å². The van der Waals surface area contributed by atoms with E-state index in [0.717, 1.165) is 24.4 Å². The van der Waals surface area contributed by atoms with Crippen molar-refractivity contribution in [3.05, 3.63) is 50.6 Å². The quantitative estimate of drug-likeness (QED) is 0.605. The van der Waals surface area contributed by atoms with Gasteiger partial charge in [-0.05, 0) is 59.0 Å². The number of aromatic carboxylic acids is 1. The summed E-state index contributed by atoms with van der Waals surface area (Å²) in [6.07, 6.45) is 0. The molecule has 0 aliphatic rings. The Kier molecular flexibility index (Phi) is 3.66. The summed E-state index contributed by atoms with van der Waals surface area (Å²) in [5.74, 6) is -0.931. The SMILES string of the molecule is O=C(O)c1ccc2nc(-c3cc(Cl)ccc3I)sc2c1. The number of halogens is 2. The van der Waals surface area contributed by atoms with Crippen molar-refractivity contribution in [2.75, 3.05) is 0 Å². The number of carboxylic acids is 1. The molecule has 100 valence electrons. The number of hydrogen-bond acceptors (Lipinski definition) is 3. The topological polar surface area (TPSA) is 50.2 Å². The van der Waals surface area contributed by atoms with E-state index in [-0.39, 0.29) is 5.56 Å². The highest BCUT2D eigenvalue weighted by Crippen LogP contribution is 2.34. The third kappa shape index (κ3) is 2.53. The highest BCUT2D eigenvalue weighted by Gasteiger charge is 2.12. The number of nitrogens with zero attached hydrogens (tertiary/aromatic N) is 1. The van der Waals surface area contributed by atoms with Gasteiger partial charge >= 0.3 is 5.97 Å². The molecule has 0 bridgehead atoms. The summed E-state index contributed by atoms with van der Waals surface area (Å²) < 4.78 is 1.92. The van der Waals surface area contributed by atoms with Crippen LogP contribution in [0.5, 0.6) is 0 Å². The number of fused-ring (bicyclic) bond motifs is 1. The highest BCUT2D eigenvalue weighted by atomic mass is 127. The molecular weight excluding hydrogens is 409 g/mol. The van der Waals surface area contributed by atoms with Crippen molar-refractivity contribution in [3.63, 3.8) is 0 Å². The van der Waals surface area contributed by atoms with Crippen molar-refractivity contribution in [3.8, 4) is 10.6 Å². The van der Waals surface area contributed by atoms with Gasteiger partial charge in [-0.15, -0.1) is 11.3 Å². The third-order valence-corrected chi connectivity index (χ3v) is 5.02. The van der Waals surface area contributed by atoms with Gasteiger partial charge in [-0.3, -0.25) is 0 Å². The maximum atomic E-state index is 11.0. The fraction of sp³-hybridized carbons (Fsp3) is 0. The Morgan fingerprint density at radius 1 is 1.25 bits per heavy atom. The molecule has 1 N–H and O–H groups in total. The Balaban J connectivity index is 2.17. The van der Waals surface area contributed by atoms with E-state index in [2.05, 4.69) is 27.6 Å². The molecule has 1 heterocycles. The van der Waals surface area contributed by atoms with Gasteiger partial charge in [-0.1, -0.05) is 11.6 Å². The second-order valence-electron chi connectivity index (χ2n) is 4.13. The molecule has 2 aromatic carbocycles. The minimum Gasteiger partial charge on any atom is -0.478 e. The van der Waals surface area contributed by atoms with E-state index in [1.54, 1.807) is 18.2 Å². The minimum absolute atomic E-state index is 0.272. The molecule has 0 saturated heterocycles. The first-order valence-electron chi connectivity index (χ1n) is 5.64. The molecule has 3 nitrogen and oxygen atoms in total. The maximum Gasteiger partial charge on any atom is 0.335 e. The Hall–Kier alpha value is -1.18. The van der Waals surface area contributed by atoms with E-state index in [0.29, 0.717) is 5.02 Å². The average molecular weight is 416 g/mol. The second kappa shape index (κ2) is 5.31. The normalized spacial score (nSPS) is 10.9. The van der Waals surface area contributed by atoms with E-state index >= 15 is 0 Å². The lowest BCUT2D eigenvalue weighted by Crippen LogP contribution is -1.94. The molecule has 20 heavy (non-hydrogen) atoms. The maximum absolute atomic E-state index is 11.0. The lowest BCUT2D eigenvalue weighted by Gasteiger charge is -2.00. The Labute approximate surface area is 137 Å². The van der Waals surface area contributed by atoms with Crippen LogP contribution in [0.3, 0.4) is 0 Å². The summed E-state index contributed by atoms with van der Waals surface area (Å²) in [7, 11) is 0. The number of thiazole rings is 1. The first-order chi connectivity index (χ1) is 9.54. The molecule has 0 saturated carbocycles. The summed E-state index contributed by atoms with van der Waals surface area (Å²) >= 11 is 9.73. The fourth-order valence-electron chi connectivity index (χ4n) is 1.83. The molecule has 6 heteroatoms. The molecule has 0 spiro atoms. The first kappa shape index (κ1) is 13.8. The molecular formula is C14H7ClINO2S. The molecule has 0 atom stereocenters. The van der Waals surface area contributed by atoms with Crippen molar-refractivity contribution in [2.45, 2.75) is 0 Å². The smallest absolute Gasteiger partial charge is 0.335 e. The number of carboxylic acid groups (broad SMARTS) is 1. The lowest BCUT2D eigenvalue weighted by molar-refractivity contribution is 0.0697. The van der Waals surface area contributed by atoms with Crippen LogP contribution in [0.4, 0.5) is 0 Å². The van der Waals surface area contributed by atoms with Crippen LogP contribution in [0.15, 0.2) is 36.4 Å². The van der Waals surface area contributed by atoms with E-state index < -0.39 is 5.97 Å². The summed E-state index contributed by atoms with van der Waals surface area (Å²) in [6, 6.07) is 10.6. The Bertz CT molecular complexity index is 831. The Morgan fingerprint density at radius 3 is 2.80 bits per heavy atom. The fourth-order valence-corrected chi connectivity index (χ4v) is 3.82. The van der Waals surface area contributed by atoms with Gasteiger partial charge in [0.15, 0.2) is 0 Å². The molecule has 0 unspecified atom stereocenters. The van der Waals surface area contributed by atoms with Crippen LogP contribution in [-0.4, -0.2) is 16.1 Å². The second-order valence-corrected chi connectivity index (χ2v) is 6.76. The zero-order valence-electron chi connectivity index (χ0n) is 9.93. The average Bonchev–Trinajstić information content (AvgIpc) is 2.83. The standard InChI is InChI=1S/C14H7ClINO2S/c15-8-2-3-10(16)9(6-8)13-17-11-4-1-7(14(18)19)5-12(11)20-13/h1-6H,(H,18,19). The summed E-state index contributed by atoms with van der Waals surface area (Å²) in [4.78, 5) is 15.5. The van der Waals surface area contributed by atoms with E-state index in [1.807, 2.05) is 18.2 Å². The number of rotatable bonds is 2. The molecule has 3 aromatic rings. The van der Waals surface area contributed by atoms with Crippen LogP contribution in [0.1, 0.15) is 10.4 Å². The van der Waals surface area contributed by atoms with E-state index in [9.17, 15) is 4.79 Å². The van der Waals surface area contributed by atoms with Gasteiger partial charge in [0.05, 0.1) is 15.8 Å². The van der Waals surface area contributed by atoms with Crippen LogP contribution >= 0.6 is 45.5 Å². The predicted molar refractivity (Wildman–Crippen MR) is 89.7 cm³/mol. The number of aromatic nitrogens is 1. The lowest BCUT2D eigenvalue weighted by atomic mass is 10.2. The van der Waals surface area contributed by atoms with Crippen LogP contribution in [0.2, 0.25) is 5.02 Å². The monoisotopic (exact) mass is 415 g/mol. The van der Waals surface area contributed by atoms with Gasteiger partial charge in [-0.25, -0.2) is 9.78 Å². The van der Waals surface area contributed by atoms with Gasteiger partial charge in [0.2, 0.25) is 0 Å².